The molecule has 0 unspecified atom stereocenters. The Morgan fingerprint density at radius 2 is 1.83 bits per heavy atom. The van der Waals surface area contributed by atoms with E-state index in [9.17, 15) is 14.0 Å². The first-order valence-corrected chi connectivity index (χ1v) is 8.41. The lowest BCUT2D eigenvalue weighted by atomic mass is 9.97. The smallest absolute Gasteiger partial charge is 0.303 e. The maximum Gasteiger partial charge on any atom is 0.303 e. The van der Waals surface area contributed by atoms with Gasteiger partial charge in [0.2, 0.25) is 0 Å². The summed E-state index contributed by atoms with van der Waals surface area (Å²) in [5.41, 5.74) is 2.42. The summed E-state index contributed by atoms with van der Waals surface area (Å²) in [6, 6.07) is 11.7. The molecule has 122 valence electrons. The number of carboxylic acid groups (broad SMARTS) is 1. The van der Waals surface area contributed by atoms with Gasteiger partial charge in [0, 0.05) is 28.5 Å². The maximum atomic E-state index is 13.3. The van der Waals surface area contributed by atoms with Gasteiger partial charge in [0.05, 0.1) is 0 Å². The Hall–Kier alpha value is -2.53. The molecule has 2 aromatic carbocycles. The predicted molar refractivity (Wildman–Crippen MR) is 93.3 cm³/mol. The van der Waals surface area contributed by atoms with Crippen molar-refractivity contribution in [1.29, 1.82) is 0 Å². The van der Waals surface area contributed by atoms with E-state index < -0.39 is 5.97 Å². The number of benzene rings is 2. The molecule has 0 spiro atoms. The van der Waals surface area contributed by atoms with Crippen LogP contribution in [0.15, 0.2) is 52.6 Å². The van der Waals surface area contributed by atoms with Gasteiger partial charge in [-0.05, 0) is 41.1 Å². The summed E-state index contributed by atoms with van der Waals surface area (Å²) in [6.45, 7) is 0. The van der Waals surface area contributed by atoms with Crippen molar-refractivity contribution >= 4 is 27.4 Å². The van der Waals surface area contributed by atoms with Gasteiger partial charge in [0.1, 0.15) is 5.82 Å². The quantitative estimate of drug-likeness (QED) is 0.762. The number of rotatable bonds is 5. The van der Waals surface area contributed by atoms with E-state index in [1.807, 2.05) is 24.3 Å². The fourth-order valence-corrected chi connectivity index (χ4v) is 3.61. The highest BCUT2D eigenvalue weighted by Gasteiger charge is 2.10. The molecular formula is C19H15FO3S. The van der Waals surface area contributed by atoms with Crippen molar-refractivity contribution in [3.8, 4) is 0 Å². The van der Waals surface area contributed by atoms with Gasteiger partial charge in [-0.2, -0.15) is 0 Å². The van der Waals surface area contributed by atoms with Crippen molar-refractivity contribution in [1.82, 2.24) is 0 Å². The van der Waals surface area contributed by atoms with E-state index >= 15 is 0 Å². The maximum absolute atomic E-state index is 13.3. The molecule has 1 N–H and O–H groups in total. The van der Waals surface area contributed by atoms with Crippen LogP contribution in [0.25, 0.3) is 10.1 Å². The molecule has 0 fully saturated rings. The number of fused-ring (bicyclic) bond motifs is 1. The van der Waals surface area contributed by atoms with E-state index in [2.05, 4.69) is 0 Å². The van der Waals surface area contributed by atoms with Crippen molar-refractivity contribution in [2.75, 3.05) is 0 Å². The van der Waals surface area contributed by atoms with Gasteiger partial charge in [-0.25, -0.2) is 4.39 Å². The fourth-order valence-electron chi connectivity index (χ4n) is 2.68. The molecule has 1 heterocycles. The largest absolute Gasteiger partial charge is 0.481 e. The molecule has 0 aliphatic carbocycles. The fraction of sp³-hybridized carbons (Fsp3) is 0.158. The van der Waals surface area contributed by atoms with Gasteiger partial charge in [-0.15, -0.1) is 11.3 Å². The average molecular weight is 342 g/mol. The zero-order valence-electron chi connectivity index (χ0n) is 12.8. The summed E-state index contributed by atoms with van der Waals surface area (Å²) in [7, 11) is 0. The minimum absolute atomic E-state index is 0.0564. The van der Waals surface area contributed by atoms with Crippen molar-refractivity contribution < 1.29 is 14.3 Å². The van der Waals surface area contributed by atoms with Crippen molar-refractivity contribution in [2.24, 2.45) is 0 Å². The summed E-state index contributed by atoms with van der Waals surface area (Å²) >= 11 is 1.34. The first kappa shape index (κ1) is 16.3. The summed E-state index contributed by atoms with van der Waals surface area (Å²) < 4.78 is 13.9. The molecule has 0 aliphatic heterocycles. The average Bonchev–Trinajstić information content (AvgIpc) is 2.56. The number of hydrogen-bond donors (Lipinski definition) is 1. The van der Waals surface area contributed by atoms with Crippen LogP contribution >= 0.6 is 11.3 Å². The number of carboxylic acids is 1. The van der Waals surface area contributed by atoms with Crippen LogP contribution in [-0.2, 0) is 17.6 Å². The Balaban J connectivity index is 1.96. The number of aryl methyl sites for hydroxylation is 1. The minimum atomic E-state index is -0.843. The molecule has 0 saturated heterocycles. The second-order valence-corrected chi connectivity index (χ2v) is 6.48. The van der Waals surface area contributed by atoms with Gasteiger partial charge in [-0.3, -0.25) is 9.59 Å². The number of hydrogen-bond acceptors (Lipinski definition) is 3. The summed E-state index contributed by atoms with van der Waals surface area (Å²) in [5.74, 6) is -1.20. The Morgan fingerprint density at radius 3 is 2.58 bits per heavy atom. The minimum Gasteiger partial charge on any atom is -0.481 e. The van der Waals surface area contributed by atoms with Crippen LogP contribution in [0.3, 0.4) is 0 Å². The monoisotopic (exact) mass is 342 g/mol. The molecule has 0 amide bonds. The molecule has 0 bridgehead atoms. The molecule has 0 radical (unpaired) electrons. The molecule has 0 aliphatic rings. The van der Waals surface area contributed by atoms with E-state index in [4.69, 9.17) is 5.11 Å². The van der Waals surface area contributed by atoms with Gasteiger partial charge < -0.3 is 5.11 Å². The molecule has 3 rings (SSSR count). The molecule has 0 saturated carbocycles. The third-order valence-corrected chi connectivity index (χ3v) is 4.91. The molecule has 24 heavy (non-hydrogen) atoms. The van der Waals surface area contributed by atoms with Crippen LogP contribution in [0.1, 0.15) is 23.1 Å². The van der Waals surface area contributed by atoms with E-state index in [0.29, 0.717) is 28.5 Å². The van der Waals surface area contributed by atoms with Gasteiger partial charge in [0.25, 0.3) is 0 Å². The van der Waals surface area contributed by atoms with Crippen LogP contribution in [0.2, 0.25) is 0 Å². The molecule has 5 heteroatoms. The molecule has 3 aromatic rings. The normalized spacial score (nSPS) is 10.9. The highest BCUT2D eigenvalue weighted by Crippen LogP contribution is 2.21. The van der Waals surface area contributed by atoms with Gasteiger partial charge >= 0.3 is 5.97 Å². The number of aliphatic carboxylic acids is 1. The summed E-state index contributed by atoms with van der Waals surface area (Å²) in [5, 5.41) is 11.1. The standard InChI is InChI=1S/C19H15FO3S/c20-15-6-7-16-17(10-15)24-11-14(19(16)23)9-13-4-2-1-3-12(13)5-8-18(21)22/h1-4,6-7,10-11H,5,8-9H2,(H,21,22). The Labute approximate surface area is 142 Å². The van der Waals surface area contributed by atoms with Crippen LogP contribution in [0.5, 0.6) is 0 Å². The van der Waals surface area contributed by atoms with Gasteiger partial charge in [0.15, 0.2) is 5.43 Å². The van der Waals surface area contributed by atoms with Crippen LogP contribution in [-0.4, -0.2) is 11.1 Å². The van der Waals surface area contributed by atoms with Crippen LogP contribution < -0.4 is 5.43 Å². The van der Waals surface area contributed by atoms with Crippen LogP contribution in [0, 0.1) is 5.82 Å². The highest BCUT2D eigenvalue weighted by atomic mass is 32.1. The summed E-state index contributed by atoms with van der Waals surface area (Å²) in [6.07, 6.45) is 0.932. The first-order valence-electron chi connectivity index (χ1n) is 7.53. The van der Waals surface area contributed by atoms with Crippen molar-refractivity contribution in [2.45, 2.75) is 19.3 Å². The Kier molecular flexibility index (Phi) is 4.71. The lowest BCUT2D eigenvalue weighted by molar-refractivity contribution is -0.136. The second-order valence-electron chi connectivity index (χ2n) is 5.57. The molecule has 3 nitrogen and oxygen atoms in total. The SMILES string of the molecule is O=C(O)CCc1ccccc1Cc1csc2cc(F)ccc2c1=O. The highest BCUT2D eigenvalue weighted by molar-refractivity contribution is 7.16. The molecule has 0 atom stereocenters. The zero-order valence-corrected chi connectivity index (χ0v) is 13.6. The zero-order chi connectivity index (χ0) is 17.1. The van der Waals surface area contributed by atoms with E-state index in [1.165, 1.54) is 29.5 Å². The summed E-state index contributed by atoms with van der Waals surface area (Å²) in [4.78, 5) is 23.4. The van der Waals surface area contributed by atoms with Gasteiger partial charge in [-0.1, -0.05) is 24.3 Å². The molecule has 1 aromatic heterocycles. The third kappa shape index (κ3) is 3.51. The predicted octanol–water partition coefficient (Wildman–Crippen LogP) is 4.01. The Bertz CT molecular complexity index is 962. The lowest BCUT2D eigenvalue weighted by Gasteiger charge is -2.09. The van der Waals surface area contributed by atoms with E-state index in [-0.39, 0.29) is 17.7 Å². The lowest BCUT2D eigenvalue weighted by Crippen LogP contribution is -2.10. The first-order chi connectivity index (χ1) is 11.5. The third-order valence-electron chi connectivity index (χ3n) is 3.92. The Morgan fingerprint density at radius 1 is 1.08 bits per heavy atom. The van der Waals surface area contributed by atoms with Crippen LogP contribution in [0.4, 0.5) is 4.39 Å². The topological polar surface area (TPSA) is 54.4 Å². The van der Waals surface area contributed by atoms with E-state index in [0.717, 1.165) is 11.1 Å². The van der Waals surface area contributed by atoms with E-state index in [1.54, 1.807) is 5.38 Å². The molecular weight excluding hydrogens is 327 g/mol. The van der Waals surface area contributed by atoms with Crippen molar-refractivity contribution in [3.63, 3.8) is 0 Å². The van der Waals surface area contributed by atoms with Crippen molar-refractivity contribution in [3.05, 3.63) is 80.6 Å². The second kappa shape index (κ2) is 6.93. The number of halogens is 1. The number of carbonyl (C=O) groups is 1.